The Labute approximate surface area is 123 Å². The second-order valence-corrected chi connectivity index (χ2v) is 4.54. The monoisotopic (exact) mass is 323 g/mol. The average Bonchev–Trinajstić information content (AvgIpc) is 2.40. The molecule has 4 N–H and O–H groups in total. The fourth-order valence-electron chi connectivity index (χ4n) is 1.70. The summed E-state index contributed by atoms with van der Waals surface area (Å²) >= 11 is 5.72. The molecule has 1 aromatic rings. The van der Waals surface area contributed by atoms with Crippen molar-refractivity contribution in [3.63, 3.8) is 0 Å². The standard InChI is InChI=1S/C12H13ClF3N3O2/c1-2-6(10(17)19-21)11(20)18-9-7(12(14,15)16)4-3-5-8(9)13/h3-6,21H,2H2,1H3,(H2,17,19)(H,18,20). The fraction of sp³-hybridized carbons (Fsp3) is 0.333. The molecule has 1 atom stereocenters. The van der Waals surface area contributed by atoms with Gasteiger partial charge < -0.3 is 16.3 Å². The maximum atomic E-state index is 12.9. The Hall–Kier alpha value is -1.96. The quantitative estimate of drug-likeness (QED) is 0.344. The molecule has 0 aromatic heterocycles. The van der Waals surface area contributed by atoms with Gasteiger partial charge >= 0.3 is 6.18 Å². The van der Waals surface area contributed by atoms with Gasteiger partial charge in [0.05, 0.1) is 22.2 Å². The number of benzene rings is 1. The maximum absolute atomic E-state index is 12.9. The van der Waals surface area contributed by atoms with Gasteiger partial charge in [-0.25, -0.2) is 0 Å². The van der Waals surface area contributed by atoms with Crippen molar-refractivity contribution in [1.29, 1.82) is 0 Å². The first-order valence-corrected chi connectivity index (χ1v) is 6.24. The number of oxime groups is 1. The van der Waals surface area contributed by atoms with E-state index >= 15 is 0 Å². The van der Waals surface area contributed by atoms with Crippen LogP contribution in [0.15, 0.2) is 23.4 Å². The number of amidine groups is 1. The molecule has 0 heterocycles. The summed E-state index contributed by atoms with van der Waals surface area (Å²) in [6.45, 7) is 1.57. The van der Waals surface area contributed by atoms with Crippen LogP contribution in [0.3, 0.4) is 0 Å². The number of alkyl halides is 3. The van der Waals surface area contributed by atoms with Crippen LogP contribution in [0.4, 0.5) is 18.9 Å². The number of anilines is 1. The Morgan fingerprint density at radius 2 is 2.14 bits per heavy atom. The normalized spacial score (nSPS) is 13.9. The molecule has 1 amide bonds. The number of hydrogen-bond donors (Lipinski definition) is 3. The molecule has 0 fully saturated rings. The Bertz CT molecular complexity index is 561. The minimum Gasteiger partial charge on any atom is -0.409 e. The molecule has 1 rings (SSSR count). The number of carbonyl (C=O) groups excluding carboxylic acids is 1. The smallest absolute Gasteiger partial charge is 0.409 e. The second kappa shape index (κ2) is 6.66. The summed E-state index contributed by atoms with van der Waals surface area (Å²) in [6, 6.07) is 3.14. The molecule has 1 aromatic carbocycles. The molecule has 5 nitrogen and oxygen atoms in total. The van der Waals surface area contributed by atoms with Crippen molar-refractivity contribution < 1.29 is 23.2 Å². The highest BCUT2D eigenvalue weighted by Gasteiger charge is 2.35. The zero-order valence-electron chi connectivity index (χ0n) is 10.9. The molecular formula is C12H13ClF3N3O2. The molecule has 0 aliphatic carbocycles. The lowest BCUT2D eigenvalue weighted by Crippen LogP contribution is -2.34. The summed E-state index contributed by atoms with van der Waals surface area (Å²) in [5.41, 5.74) is 3.70. The Kier molecular flexibility index (Phi) is 5.42. The van der Waals surface area contributed by atoms with Crippen molar-refractivity contribution in [3.05, 3.63) is 28.8 Å². The van der Waals surface area contributed by atoms with E-state index in [1.807, 2.05) is 0 Å². The minimum atomic E-state index is -4.67. The molecule has 1 unspecified atom stereocenters. The van der Waals surface area contributed by atoms with E-state index in [2.05, 4.69) is 10.5 Å². The number of carbonyl (C=O) groups is 1. The van der Waals surface area contributed by atoms with E-state index in [-0.39, 0.29) is 11.4 Å². The largest absolute Gasteiger partial charge is 0.418 e. The van der Waals surface area contributed by atoms with Gasteiger partial charge in [-0.2, -0.15) is 13.2 Å². The average molecular weight is 324 g/mol. The molecule has 9 heteroatoms. The Morgan fingerprint density at radius 3 is 2.62 bits per heavy atom. The summed E-state index contributed by atoms with van der Waals surface area (Å²) in [4.78, 5) is 12.0. The lowest BCUT2D eigenvalue weighted by Gasteiger charge is -2.18. The molecule has 0 aliphatic heterocycles. The van der Waals surface area contributed by atoms with Gasteiger partial charge in [0.1, 0.15) is 0 Å². The summed E-state index contributed by atoms with van der Waals surface area (Å²) < 4.78 is 38.7. The minimum absolute atomic E-state index is 0.146. The molecule has 0 saturated heterocycles. The van der Waals surface area contributed by atoms with E-state index < -0.39 is 35.1 Å². The second-order valence-electron chi connectivity index (χ2n) is 4.14. The highest BCUT2D eigenvalue weighted by Crippen LogP contribution is 2.38. The van der Waals surface area contributed by atoms with Crippen molar-refractivity contribution in [2.45, 2.75) is 19.5 Å². The lowest BCUT2D eigenvalue weighted by molar-refractivity contribution is -0.137. The van der Waals surface area contributed by atoms with Gasteiger partial charge in [0.2, 0.25) is 5.91 Å². The molecule has 0 saturated carbocycles. The van der Waals surface area contributed by atoms with Crippen LogP contribution in [0.5, 0.6) is 0 Å². The van der Waals surface area contributed by atoms with Gasteiger partial charge in [0.25, 0.3) is 0 Å². The van der Waals surface area contributed by atoms with Crippen LogP contribution in [-0.2, 0) is 11.0 Å². The third-order valence-electron chi connectivity index (χ3n) is 2.76. The summed E-state index contributed by atoms with van der Waals surface area (Å²) in [6.07, 6.45) is -4.53. The zero-order valence-corrected chi connectivity index (χ0v) is 11.7. The van der Waals surface area contributed by atoms with Crippen molar-refractivity contribution in [2.75, 3.05) is 5.32 Å². The van der Waals surface area contributed by atoms with E-state index in [9.17, 15) is 18.0 Å². The maximum Gasteiger partial charge on any atom is 0.418 e. The van der Waals surface area contributed by atoms with Crippen molar-refractivity contribution in [3.8, 4) is 0 Å². The van der Waals surface area contributed by atoms with Gasteiger partial charge in [-0.1, -0.05) is 29.7 Å². The van der Waals surface area contributed by atoms with E-state index in [1.54, 1.807) is 6.92 Å². The number of nitrogens with one attached hydrogen (secondary N) is 1. The SMILES string of the molecule is CCC(C(=O)Nc1c(Cl)cccc1C(F)(F)F)C(N)=NO. The van der Waals surface area contributed by atoms with Gasteiger partial charge in [-0.3, -0.25) is 4.79 Å². The van der Waals surface area contributed by atoms with E-state index in [1.165, 1.54) is 6.07 Å². The van der Waals surface area contributed by atoms with Gasteiger partial charge in [0.15, 0.2) is 5.84 Å². The molecule has 0 radical (unpaired) electrons. The van der Waals surface area contributed by atoms with Crippen LogP contribution in [0.25, 0.3) is 0 Å². The third-order valence-corrected chi connectivity index (χ3v) is 3.08. The number of rotatable bonds is 4. The molecule has 0 spiro atoms. The van der Waals surface area contributed by atoms with Crippen LogP contribution >= 0.6 is 11.6 Å². The number of amides is 1. The van der Waals surface area contributed by atoms with Crippen LogP contribution in [-0.4, -0.2) is 17.0 Å². The van der Waals surface area contributed by atoms with E-state index in [0.717, 1.165) is 12.1 Å². The van der Waals surface area contributed by atoms with Crippen LogP contribution in [0, 0.1) is 5.92 Å². The Morgan fingerprint density at radius 1 is 1.52 bits per heavy atom. The van der Waals surface area contributed by atoms with Gasteiger partial charge in [0, 0.05) is 0 Å². The first-order valence-electron chi connectivity index (χ1n) is 5.86. The zero-order chi connectivity index (χ0) is 16.2. The van der Waals surface area contributed by atoms with Gasteiger partial charge in [-0.05, 0) is 18.6 Å². The third kappa shape index (κ3) is 4.01. The molecule has 0 aliphatic rings. The van der Waals surface area contributed by atoms with Crippen LogP contribution in [0.2, 0.25) is 5.02 Å². The van der Waals surface area contributed by atoms with E-state index in [4.69, 9.17) is 22.5 Å². The molecule has 0 bridgehead atoms. The highest BCUT2D eigenvalue weighted by atomic mass is 35.5. The highest BCUT2D eigenvalue weighted by molar-refractivity contribution is 6.34. The predicted octanol–water partition coefficient (Wildman–Crippen LogP) is 3.07. The first-order chi connectivity index (χ1) is 9.72. The van der Waals surface area contributed by atoms with Gasteiger partial charge in [-0.15, -0.1) is 0 Å². The molecule has 21 heavy (non-hydrogen) atoms. The van der Waals surface area contributed by atoms with Crippen molar-refractivity contribution in [2.24, 2.45) is 16.8 Å². The fourth-order valence-corrected chi connectivity index (χ4v) is 1.92. The summed E-state index contributed by atoms with van der Waals surface area (Å²) in [5.74, 6) is -2.30. The molecule has 116 valence electrons. The molecular weight excluding hydrogens is 311 g/mol. The number of nitrogens with zero attached hydrogens (tertiary/aromatic N) is 1. The summed E-state index contributed by atoms with van der Waals surface area (Å²) in [5, 5.41) is 13.1. The van der Waals surface area contributed by atoms with Crippen LogP contribution < -0.4 is 11.1 Å². The topological polar surface area (TPSA) is 87.7 Å². The number of nitrogens with two attached hydrogens (primary N) is 1. The Balaban J connectivity index is 3.16. The first kappa shape index (κ1) is 17.1. The van der Waals surface area contributed by atoms with Crippen molar-refractivity contribution in [1.82, 2.24) is 0 Å². The number of halogens is 4. The number of para-hydroxylation sites is 1. The predicted molar refractivity (Wildman–Crippen MR) is 72.3 cm³/mol. The van der Waals surface area contributed by atoms with E-state index in [0.29, 0.717) is 0 Å². The van der Waals surface area contributed by atoms with Crippen molar-refractivity contribution >= 4 is 29.0 Å². The summed E-state index contributed by atoms with van der Waals surface area (Å²) in [7, 11) is 0. The van der Waals surface area contributed by atoms with Crippen LogP contribution in [0.1, 0.15) is 18.9 Å². The number of hydrogen-bond acceptors (Lipinski definition) is 3. The lowest BCUT2D eigenvalue weighted by atomic mass is 10.0.